The van der Waals surface area contributed by atoms with E-state index in [9.17, 15) is 19.7 Å². The number of rotatable bonds is 7. The molecule has 10 nitrogen and oxygen atoms in total. The molecule has 12 heteroatoms. The second-order valence-corrected chi connectivity index (χ2v) is 9.61. The molecule has 2 amide bonds. The SMILES string of the molecule is CC(=O)NC[C@H]1CN(c2ccc(N3CCN(Cc4ccc([N+](=O)[O-])s4)CC3C)c(F)c2)C(=O)O1. The van der Waals surface area contributed by atoms with E-state index in [0.29, 0.717) is 37.6 Å². The number of thiophene rings is 1. The van der Waals surface area contributed by atoms with E-state index >= 15 is 4.39 Å². The maximum Gasteiger partial charge on any atom is 0.414 e. The molecule has 0 bridgehead atoms. The van der Waals surface area contributed by atoms with Gasteiger partial charge in [0.2, 0.25) is 5.91 Å². The molecule has 2 atom stereocenters. The summed E-state index contributed by atoms with van der Waals surface area (Å²) in [4.78, 5) is 40.3. The molecule has 1 unspecified atom stereocenters. The standard InChI is InChI=1S/C22H26FN5O5S/c1-14-11-25(13-18-4-6-21(34-18)28(31)32)7-8-26(14)20-5-3-16(9-19(20)23)27-12-17(33-22(27)30)10-24-15(2)29/h3-6,9,14,17H,7-8,10-13H2,1-2H3,(H,24,29)/t14?,17-/m0/s1. The van der Waals surface area contributed by atoms with Crippen LogP contribution < -0.4 is 15.1 Å². The normalized spacial score (nSPS) is 21.0. The molecule has 0 spiro atoms. The molecule has 2 aliphatic heterocycles. The third-order valence-electron chi connectivity index (χ3n) is 5.92. The molecule has 1 N–H and O–H groups in total. The monoisotopic (exact) mass is 491 g/mol. The first-order valence-corrected chi connectivity index (χ1v) is 11.8. The average molecular weight is 492 g/mol. The quantitative estimate of drug-likeness (QED) is 0.469. The molecular weight excluding hydrogens is 465 g/mol. The smallest absolute Gasteiger partial charge is 0.414 e. The Balaban J connectivity index is 1.38. The first-order chi connectivity index (χ1) is 16.2. The lowest BCUT2D eigenvalue weighted by Crippen LogP contribution is -2.51. The van der Waals surface area contributed by atoms with Gasteiger partial charge in [-0.1, -0.05) is 11.3 Å². The van der Waals surface area contributed by atoms with Crippen molar-refractivity contribution in [2.45, 2.75) is 32.5 Å². The Morgan fingerprint density at radius 1 is 1.29 bits per heavy atom. The minimum atomic E-state index is -0.571. The summed E-state index contributed by atoms with van der Waals surface area (Å²) < 4.78 is 20.4. The summed E-state index contributed by atoms with van der Waals surface area (Å²) >= 11 is 1.18. The van der Waals surface area contributed by atoms with Crippen molar-refractivity contribution in [1.82, 2.24) is 10.2 Å². The summed E-state index contributed by atoms with van der Waals surface area (Å²) in [5, 5.41) is 13.7. The lowest BCUT2D eigenvalue weighted by atomic mass is 10.1. The third-order valence-corrected chi connectivity index (χ3v) is 6.95. The number of amides is 2. The summed E-state index contributed by atoms with van der Waals surface area (Å²) in [5.74, 6) is -0.638. The molecule has 2 saturated heterocycles. The molecule has 0 aliphatic carbocycles. The van der Waals surface area contributed by atoms with Crippen LogP contribution in [-0.2, 0) is 16.1 Å². The Morgan fingerprint density at radius 2 is 2.09 bits per heavy atom. The molecule has 0 radical (unpaired) electrons. The van der Waals surface area contributed by atoms with Crippen molar-refractivity contribution in [2.24, 2.45) is 0 Å². The van der Waals surface area contributed by atoms with Crippen LogP contribution in [0, 0.1) is 15.9 Å². The van der Waals surface area contributed by atoms with Gasteiger partial charge in [0, 0.05) is 50.1 Å². The fourth-order valence-electron chi connectivity index (χ4n) is 4.30. The zero-order valence-electron chi connectivity index (χ0n) is 18.9. The number of nitrogens with zero attached hydrogens (tertiary/aromatic N) is 4. The van der Waals surface area contributed by atoms with Crippen molar-refractivity contribution >= 4 is 39.7 Å². The number of carbonyl (C=O) groups is 2. The number of ether oxygens (including phenoxy) is 1. The third kappa shape index (κ3) is 5.28. The first-order valence-electron chi connectivity index (χ1n) is 11.0. The summed E-state index contributed by atoms with van der Waals surface area (Å²) in [6.45, 7) is 6.45. The molecular formula is C22H26FN5O5S. The van der Waals surface area contributed by atoms with Gasteiger partial charge in [-0.15, -0.1) is 0 Å². The van der Waals surface area contributed by atoms with Gasteiger partial charge < -0.3 is 15.0 Å². The highest BCUT2D eigenvalue weighted by Crippen LogP contribution is 2.31. The minimum absolute atomic E-state index is 0.0304. The van der Waals surface area contributed by atoms with Gasteiger partial charge in [-0.3, -0.25) is 24.7 Å². The molecule has 2 fully saturated rings. The summed E-state index contributed by atoms with van der Waals surface area (Å²) in [5.41, 5.74) is 0.868. The van der Waals surface area contributed by atoms with E-state index in [1.54, 1.807) is 18.2 Å². The van der Waals surface area contributed by atoms with E-state index in [2.05, 4.69) is 10.2 Å². The Morgan fingerprint density at radius 3 is 2.74 bits per heavy atom. The van der Waals surface area contributed by atoms with Crippen molar-refractivity contribution in [3.63, 3.8) is 0 Å². The Bertz CT molecular complexity index is 1100. The highest BCUT2D eigenvalue weighted by molar-refractivity contribution is 7.15. The van der Waals surface area contributed by atoms with E-state index < -0.39 is 18.0 Å². The summed E-state index contributed by atoms with van der Waals surface area (Å²) in [7, 11) is 0. The fraction of sp³-hybridized carbons (Fsp3) is 0.455. The number of benzene rings is 1. The van der Waals surface area contributed by atoms with Crippen molar-refractivity contribution in [3.8, 4) is 0 Å². The van der Waals surface area contributed by atoms with Crippen LogP contribution in [0.3, 0.4) is 0 Å². The maximum absolute atomic E-state index is 15.1. The van der Waals surface area contributed by atoms with Gasteiger partial charge >= 0.3 is 11.1 Å². The van der Waals surface area contributed by atoms with Crippen LogP contribution >= 0.6 is 11.3 Å². The number of nitro groups is 1. The predicted octanol–water partition coefficient (Wildman–Crippen LogP) is 2.97. The minimum Gasteiger partial charge on any atom is -0.442 e. The van der Waals surface area contributed by atoms with Crippen LogP contribution in [0.25, 0.3) is 0 Å². The summed E-state index contributed by atoms with van der Waals surface area (Å²) in [6, 6.07) is 8.04. The molecule has 0 saturated carbocycles. The number of nitrogens with one attached hydrogen (secondary N) is 1. The van der Waals surface area contributed by atoms with Crippen LogP contribution in [0.2, 0.25) is 0 Å². The first kappa shape index (κ1) is 23.9. The average Bonchev–Trinajstić information content (AvgIpc) is 3.39. The van der Waals surface area contributed by atoms with Gasteiger partial charge in [0.25, 0.3) is 0 Å². The molecule has 1 aromatic carbocycles. The van der Waals surface area contributed by atoms with Crippen LogP contribution in [0.5, 0.6) is 0 Å². The molecule has 182 valence electrons. The number of hydrogen-bond acceptors (Lipinski definition) is 8. The second kappa shape index (κ2) is 9.94. The van der Waals surface area contributed by atoms with E-state index in [4.69, 9.17) is 4.74 Å². The van der Waals surface area contributed by atoms with Crippen LogP contribution in [0.4, 0.5) is 25.6 Å². The zero-order valence-corrected chi connectivity index (χ0v) is 19.7. The highest BCUT2D eigenvalue weighted by atomic mass is 32.1. The predicted molar refractivity (Wildman–Crippen MR) is 126 cm³/mol. The van der Waals surface area contributed by atoms with Gasteiger partial charge in [-0.25, -0.2) is 9.18 Å². The summed E-state index contributed by atoms with van der Waals surface area (Å²) in [6.07, 6.45) is -1.06. The van der Waals surface area contributed by atoms with E-state index in [1.807, 2.05) is 11.8 Å². The van der Waals surface area contributed by atoms with Gasteiger partial charge in [-0.2, -0.15) is 0 Å². The number of hydrogen-bond donors (Lipinski definition) is 1. The second-order valence-electron chi connectivity index (χ2n) is 8.46. The van der Waals surface area contributed by atoms with Crippen LogP contribution in [0.15, 0.2) is 30.3 Å². The fourth-order valence-corrected chi connectivity index (χ4v) is 5.16. The number of carbonyl (C=O) groups excluding carboxylic acids is 2. The van der Waals surface area contributed by atoms with Crippen molar-refractivity contribution in [3.05, 3.63) is 51.1 Å². The number of piperazine rings is 1. The molecule has 1 aromatic heterocycles. The largest absolute Gasteiger partial charge is 0.442 e. The molecule has 2 aliphatic rings. The maximum atomic E-state index is 15.1. The lowest BCUT2D eigenvalue weighted by Gasteiger charge is -2.41. The topological polar surface area (TPSA) is 108 Å². The van der Waals surface area contributed by atoms with E-state index in [0.717, 1.165) is 4.88 Å². The van der Waals surface area contributed by atoms with E-state index in [1.165, 1.54) is 35.3 Å². The Labute approximate surface area is 200 Å². The molecule has 4 rings (SSSR count). The van der Waals surface area contributed by atoms with Crippen molar-refractivity contribution in [2.75, 3.05) is 42.5 Å². The van der Waals surface area contributed by atoms with Gasteiger partial charge in [0.05, 0.1) is 29.4 Å². The molecule has 3 heterocycles. The number of cyclic esters (lactones) is 1. The van der Waals surface area contributed by atoms with Gasteiger partial charge in [0.15, 0.2) is 0 Å². The van der Waals surface area contributed by atoms with Crippen molar-refractivity contribution < 1.29 is 23.6 Å². The molecule has 34 heavy (non-hydrogen) atoms. The number of halogens is 1. The van der Waals surface area contributed by atoms with E-state index in [-0.39, 0.29) is 35.0 Å². The van der Waals surface area contributed by atoms with Crippen LogP contribution in [-0.4, -0.2) is 66.7 Å². The zero-order chi connectivity index (χ0) is 24.4. The number of anilines is 2. The Hall–Kier alpha value is -3.25. The lowest BCUT2D eigenvalue weighted by molar-refractivity contribution is -0.380. The van der Waals surface area contributed by atoms with Gasteiger partial charge in [0.1, 0.15) is 11.9 Å². The van der Waals surface area contributed by atoms with Gasteiger partial charge in [-0.05, 0) is 31.2 Å². The Kier molecular flexibility index (Phi) is 6.98. The van der Waals surface area contributed by atoms with Crippen molar-refractivity contribution in [1.29, 1.82) is 0 Å². The highest BCUT2D eigenvalue weighted by Gasteiger charge is 2.33. The molecule has 2 aromatic rings. The van der Waals surface area contributed by atoms with Crippen LogP contribution in [0.1, 0.15) is 18.7 Å².